The van der Waals surface area contributed by atoms with Crippen molar-refractivity contribution >= 4 is 11.6 Å². The van der Waals surface area contributed by atoms with Gasteiger partial charge in [0.2, 0.25) is 11.8 Å². The second kappa shape index (κ2) is 7.72. The second-order valence-electron chi connectivity index (χ2n) is 5.81. The zero-order chi connectivity index (χ0) is 18.6. The molecule has 0 spiro atoms. The Hall–Kier alpha value is -2.31. The molecule has 0 aliphatic rings. The first kappa shape index (κ1) is 19.0. The van der Waals surface area contributed by atoms with Crippen LogP contribution in [0.3, 0.4) is 0 Å². The molecule has 0 fully saturated rings. The third-order valence-electron chi connectivity index (χ3n) is 3.81. The number of halogens is 3. The van der Waals surface area contributed by atoms with E-state index in [1.807, 2.05) is 45.0 Å². The summed E-state index contributed by atoms with van der Waals surface area (Å²) >= 11 is 0. The molecule has 0 amide bonds. The normalized spacial score (nSPS) is 12.8. The molecule has 1 heterocycles. The number of rotatable bonds is 6. The van der Waals surface area contributed by atoms with E-state index in [0.29, 0.717) is 13.0 Å². The fourth-order valence-corrected chi connectivity index (χ4v) is 2.28. The largest absolute Gasteiger partial charge is 0.474 e. The lowest BCUT2D eigenvalue weighted by Gasteiger charge is -2.23. The van der Waals surface area contributed by atoms with E-state index in [1.54, 1.807) is 11.8 Å². The average Bonchev–Trinajstić information content (AvgIpc) is 2.54. The van der Waals surface area contributed by atoms with E-state index in [2.05, 4.69) is 9.97 Å². The fraction of sp³-hybridized carbons (Fsp3) is 0.444. The van der Waals surface area contributed by atoms with Crippen molar-refractivity contribution < 1.29 is 17.9 Å². The summed E-state index contributed by atoms with van der Waals surface area (Å²) in [5.74, 6) is -0.252. The van der Waals surface area contributed by atoms with Crippen LogP contribution in [0.1, 0.15) is 38.3 Å². The number of hydrogen-bond donors (Lipinski definition) is 0. The van der Waals surface area contributed by atoms with E-state index in [-0.39, 0.29) is 12.1 Å². The van der Waals surface area contributed by atoms with Crippen LogP contribution in [0.5, 0.6) is 5.88 Å². The highest BCUT2D eigenvalue weighted by Gasteiger charge is 2.37. The molecule has 0 N–H and O–H groups in total. The van der Waals surface area contributed by atoms with E-state index in [9.17, 15) is 13.2 Å². The molecule has 1 aromatic heterocycles. The Morgan fingerprint density at radius 3 is 2.52 bits per heavy atom. The van der Waals surface area contributed by atoms with E-state index < -0.39 is 17.6 Å². The lowest BCUT2D eigenvalue weighted by Crippen LogP contribution is -2.22. The Balaban J connectivity index is 2.48. The first-order valence-electron chi connectivity index (χ1n) is 8.21. The zero-order valence-corrected chi connectivity index (χ0v) is 14.8. The number of ether oxygens (including phenoxy) is 1. The second-order valence-corrected chi connectivity index (χ2v) is 5.81. The molecule has 1 atom stereocenters. The molecule has 2 aromatic rings. The third kappa shape index (κ3) is 4.61. The smallest absolute Gasteiger partial charge is 0.423 e. The van der Waals surface area contributed by atoms with Gasteiger partial charge in [-0.2, -0.15) is 18.2 Å². The first-order valence-corrected chi connectivity index (χ1v) is 8.21. The minimum Gasteiger partial charge on any atom is -0.474 e. The van der Waals surface area contributed by atoms with E-state index in [4.69, 9.17) is 4.74 Å². The van der Waals surface area contributed by atoms with Crippen LogP contribution in [0.15, 0.2) is 30.5 Å². The summed E-state index contributed by atoms with van der Waals surface area (Å²) < 4.78 is 45.1. The molecule has 0 radical (unpaired) electrons. The number of anilines is 2. The van der Waals surface area contributed by atoms with Crippen molar-refractivity contribution in [3.63, 3.8) is 0 Å². The van der Waals surface area contributed by atoms with Gasteiger partial charge in [0, 0.05) is 18.4 Å². The van der Waals surface area contributed by atoms with Crippen molar-refractivity contribution in [3.8, 4) is 5.88 Å². The van der Waals surface area contributed by atoms with Crippen LogP contribution >= 0.6 is 0 Å². The maximum absolute atomic E-state index is 13.2. The van der Waals surface area contributed by atoms with Crippen LogP contribution in [0.4, 0.5) is 24.8 Å². The van der Waals surface area contributed by atoms with Gasteiger partial charge in [-0.1, -0.05) is 19.1 Å². The van der Waals surface area contributed by atoms with E-state index in [0.717, 1.165) is 17.4 Å². The van der Waals surface area contributed by atoms with Crippen molar-refractivity contribution in [2.24, 2.45) is 0 Å². The number of hydrogen-bond acceptors (Lipinski definition) is 4. The predicted molar refractivity (Wildman–Crippen MR) is 91.3 cm³/mol. The van der Waals surface area contributed by atoms with Crippen LogP contribution in [0, 0.1) is 6.92 Å². The first-order chi connectivity index (χ1) is 11.8. The Labute approximate surface area is 145 Å². The topological polar surface area (TPSA) is 38.2 Å². The zero-order valence-electron chi connectivity index (χ0n) is 14.8. The Bertz CT molecular complexity index is 719. The highest BCUT2D eigenvalue weighted by atomic mass is 19.4. The molecule has 7 heteroatoms. The molecule has 1 aromatic carbocycles. The van der Waals surface area contributed by atoms with Gasteiger partial charge < -0.3 is 9.64 Å². The Morgan fingerprint density at radius 2 is 1.96 bits per heavy atom. The van der Waals surface area contributed by atoms with Gasteiger partial charge in [0.15, 0.2) is 0 Å². The maximum Gasteiger partial charge on any atom is 0.423 e. The van der Waals surface area contributed by atoms with E-state index >= 15 is 0 Å². The third-order valence-corrected chi connectivity index (χ3v) is 3.81. The number of aromatic nitrogens is 2. The van der Waals surface area contributed by atoms with Crippen molar-refractivity contribution in [2.75, 3.05) is 11.4 Å². The Morgan fingerprint density at radius 1 is 1.24 bits per heavy atom. The molecule has 0 saturated heterocycles. The summed E-state index contributed by atoms with van der Waals surface area (Å²) in [6, 6.07) is 7.63. The quantitative estimate of drug-likeness (QED) is 0.721. The Kier molecular flexibility index (Phi) is 5.87. The van der Waals surface area contributed by atoms with Gasteiger partial charge in [-0.05, 0) is 44.9 Å². The standard InChI is InChI=1S/C18H22F3N3O/c1-5-13(4)25-16-15(18(19,20)21)11-22-17(23-16)24(6-2)14-9-7-8-12(3)10-14/h7-11,13H,5-6H2,1-4H3. The van der Waals surface area contributed by atoms with Crippen molar-refractivity contribution in [1.29, 1.82) is 0 Å². The molecule has 0 aliphatic heterocycles. The van der Waals surface area contributed by atoms with Crippen LogP contribution < -0.4 is 9.64 Å². The fourth-order valence-electron chi connectivity index (χ4n) is 2.28. The van der Waals surface area contributed by atoms with Gasteiger partial charge >= 0.3 is 6.18 Å². The lowest BCUT2D eigenvalue weighted by atomic mass is 10.2. The molecule has 0 saturated carbocycles. The number of benzene rings is 1. The molecule has 2 rings (SSSR count). The molecule has 0 aliphatic carbocycles. The van der Waals surface area contributed by atoms with Crippen LogP contribution in [0.25, 0.3) is 0 Å². The summed E-state index contributed by atoms with van der Waals surface area (Å²) in [5, 5.41) is 0. The maximum atomic E-state index is 13.2. The molecule has 25 heavy (non-hydrogen) atoms. The molecule has 1 unspecified atom stereocenters. The summed E-state index contributed by atoms with van der Waals surface area (Å²) in [5.41, 5.74) is 0.896. The van der Waals surface area contributed by atoms with Gasteiger partial charge in [0.05, 0.1) is 6.10 Å². The summed E-state index contributed by atoms with van der Waals surface area (Å²) in [6.07, 6.45) is -3.58. The van der Waals surface area contributed by atoms with Gasteiger partial charge in [-0.15, -0.1) is 0 Å². The lowest BCUT2D eigenvalue weighted by molar-refractivity contribution is -0.139. The van der Waals surface area contributed by atoms with Crippen LogP contribution in [-0.4, -0.2) is 22.6 Å². The van der Waals surface area contributed by atoms with Crippen LogP contribution in [-0.2, 0) is 6.18 Å². The molecule has 0 bridgehead atoms. The molecular weight excluding hydrogens is 331 g/mol. The minimum atomic E-state index is -4.57. The van der Waals surface area contributed by atoms with Gasteiger partial charge in [0.25, 0.3) is 0 Å². The van der Waals surface area contributed by atoms with Crippen molar-refractivity contribution in [3.05, 3.63) is 41.6 Å². The average molecular weight is 353 g/mol. The van der Waals surface area contributed by atoms with Gasteiger partial charge in [-0.3, -0.25) is 0 Å². The van der Waals surface area contributed by atoms with Gasteiger partial charge in [-0.25, -0.2) is 4.98 Å². The number of nitrogens with zero attached hydrogens (tertiary/aromatic N) is 3. The number of aryl methyl sites for hydroxylation is 1. The SMILES string of the molecule is CCC(C)Oc1nc(N(CC)c2cccc(C)c2)ncc1C(F)(F)F. The van der Waals surface area contributed by atoms with Gasteiger partial charge in [0.1, 0.15) is 5.56 Å². The highest BCUT2D eigenvalue weighted by molar-refractivity contribution is 5.58. The molecular formula is C18H22F3N3O. The van der Waals surface area contributed by atoms with E-state index in [1.165, 1.54) is 0 Å². The van der Waals surface area contributed by atoms with Crippen molar-refractivity contribution in [1.82, 2.24) is 9.97 Å². The minimum absolute atomic E-state index is 0.180. The summed E-state index contributed by atoms with van der Waals surface area (Å²) in [6.45, 7) is 7.89. The predicted octanol–water partition coefficient (Wildman–Crippen LogP) is 5.14. The molecule has 136 valence electrons. The number of alkyl halides is 3. The highest BCUT2D eigenvalue weighted by Crippen LogP contribution is 2.36. The summed E-state index contributed by atoms with van der Waals surface area (Å²) in [7, 11) is 0. The van der Waals surface area contributed by atoms with Crippen molar-refractivity contribution in [2.45, 2.75) is 46.4 Å². The molecule has 4 nitrogen and oxygen atoms in total. The van der Waals surface area contributed by atoms with Crippen LogP contribution in [0.2, 0.25) is 0 Å². The monoisotopic (exact) mass is 353 g/mol. The summed E-state index contributed by atoms with van der Waals surface area (Å²) in [4.78, 5) is 9.75.